The molecule has 4 aromatic carbocycles. The lowest BCUT2D eigenvalue weighted by Crippen LogP contribution is -2.61. The number of hydrogen-bond acceptors (Lipinski definition) is 4. The van der Waals surface area contributed by atoms with Gasteiger partial charge in [0, 0.05) is 12.1 Å². The highest BCUT2D eigenvalue weighted by Gasteiger charge is 2.56. The van der Waals surface area contributed by atoms with Crippen molar-refractivity contribution in [3.63, 3.8) is 0 Å². The minimum absolute atomic E-state index is 0.620. The minimum Gasteiger partial charge on any atom is -0.512 e. The van der Waals surface area contributed by atoms with Crippen molar-refractivity contribution in [2.45, 2.75) is 44.4 Å². The van der Waals surface area contributed by atoms with Crippen LogP contribution in [0.1, 0.15) is 26.7 Å². The summed E-state index contributed by atoms with van der Waals surface area (Å²) in [4.78, 5) is 0. The summed E-state index contributed by atoms with van der Waals surface area (Å²) in [5.41, 5.74) is 0.620. The lowest BCUT2D eigenvalue weighted by atomic mass is 10.3. The Hall–Kier alpha value is -3.49. The first-order valence-corrected chi connectivity index (χ1v) is 17.6. The topological polar surface area (TPSA) is 36.9 Å². The van der Waals surface area contributed by atoms with Gasteiger partial charge >= 0.3 is 17.1 Å². The maximum absolute atomic E-state index is 6.92. The normalized spacial score (nSPS) is 11.5. The molecule has 6 heteroatoms. The van der Waals surface area contributed by atoms with Gasteiger partial charge in [0.15, 0.2) is 0 Å². The molecule has 0 amide bonds. The molecule has 0 saturated heterocycles. The van der Waals surface area contributed by atoms with Crippen LogP contribution in [0, 0.1) is 0 Å². The van der Waals surface area contributed by atoms with Crippen molar-refractivity contribution >= 4 is 17.1 Å². The van der Waals surface area contributed by atoms with Crippen LogP contribution < -0.4 is 17.7 Å². The van der Waals surface area contributed by atoms with E-state index in [4.69, 9.17) is 17.7 Å². The van der Waals surface area contributed by atoms with Crippen LogP contribution in [0.3, 0.4) is 0 Å². The summed E-state index contributed by atoms with van der Waals surface area (Å²) in [5.74, 6) is 3.27. The fourth-order valence-electron chi connectivity index (χ4n) is 4.55. The Balaban J connectivity index is 1.80. The average molecular weight is 529 g/mol. The Kier molecular flexibility index (Phi) is 9.46. The number of rotatable bonds is 14. The molecule has 0 bridgehead atoms. The van der Waals surface area contributed by atoms with Crippen LogP contribution in [0.5, 0.6) is 23.0 Å². The van der Waals surface area contributed by atoms with Gasteiger partial charge < -0.3 is 17.7 Å². The molecule has 0 N–H and O–H groups in total. The van der Waals surface area contributed by atoms with Crippen molar-refractivity contribution in [1.29, 1.82) is 0 Å². The summed E-state index contributed by atoms with van der Waals surface area (Å²) < 4.78 is 27.7. The van der Waals surface area contributed by atoms with E-state index in [1.54, 1.807) is 0 Å². The molecule has 37 heavy (non-hydrogen) atoms. The molecule has 0 spiro atoms. The van der Waals surface area contributed by atoms with Crippen molar-refractivity contribution < 1.29 is 17.7 Å². The molecule has 0 saturated carbocycles. The summed E-state index contributed by atoms with van der Waals surface area (Å²) >= 11 is 0. The first-order valence-electron chi connectivity index (χ1n) is 13.1. The summed E-state index contributed by atoms with van der Waals surface area (Å²) in [6, 6.07) is 41.7. The molecule has 0 aliphatic carbocycles. The van der Waals surface area contributed by atoms with Crippen LogP contribution >= 0.6 is 0 Å². The molecule has 192 valence electrons. The van der Waals surface area contributed by atoms with Gasteiger partial charge in [-0.25, -0.2) is 0 Å². The van der Waals surface area contributed by atoms with Crippen molar-refractivity contribution in [2.75, 3.05) is 0 Å². The monoisotopic (exact) mass is 528 g/mol. The standard InChI is InChI=1S/C31H36O4Si2/c1-3-25-36(32-28-17-9-5-10-18-28,33-29-19-11-6-12-20-29)27-37(26-4-2,34-30-21-13-7-14-22-30)35-31-23-15-8-16-24-31/h5-24H,3-4,25-27H2,1-2H3. The van der Waals surface area contributed by atoms with Gasteiger partial charge in [-0.1, -0.05) is 99.5 Å². The molecule has 0 aliphatic heterocycles. The molecular weight excluding hydrogens is 493 g/mol. The van der Waals surface area contributed by atoms with Crippen molar-refractivity contribution in [1.82, 2.24) is 0 Å². The second-order valence-electron chi connectivity index (χ2n) is 9.16. The third-order valence-corrected chi connectivity index (χ3v) is 15.3. The molecule has 0 heterocycles. The maximum atomic E-state index is 6.92. The fraction of sp³-hybridized carbons (Fsp3) is 0.226. The van der Waals surface area contributed by atoms with Gasteiger partial charge in [0.2, 0.25) is 0 Å². The molecular formula is C31H36O4Si2. The van der Waals surface area contributed by atoms with Crippen molar-refractivity contribution in [3.8, 4) is 23.0 Å². The van der Waals surface area contributed by atoms with E-state index < -0.39 is 17.1 Å². The summed E-state index contributed by atoms with van der Waals surface area (Å²) in [5, 5.41) is 0. The van der Waals surface area contributed by atoms with Gasteiger partial charge in [-0.05, 0) is 48.5 Å². The zero-order chi connectivity index (χ0) is 25.8. The van der Waals surface area contributed by atoms with Crippen molar-refractivity contribution in [3.05, 3.63) is 121 Å². The lowest BCUT2D eigenvalue weighted by Gasteiger charge is -2.39. The van der Waals surface area contributed by atoms with Crippen LogP contribution in [0.2, 0.25) is 17.8 Å². The molecule has 0 atom stereocenters. The van der Waals surface area contributed by atoms with E-state index in [2.05, 4.69) is 13.8 Å². The van der Waals surface area contributed by atoms with Gasteiger partial charge in [0.1, 0.15) is 23.0 Å². The Morgan fingerprint density at radius 1 is 0.405 bits per heavy atom. The van der Waals surface area contributed by atoms with E-state index in [-0.39, 0.29) is 0 Å². The third-order valence-electron chi connectivity index (χ3n) is 5.99. The molecule has 0 aliphatic rings. The second-order valence-corrected chi connectivity index (χ2v) is 16.0. The van der Waals surface area contributed by atoms with Crippen LogP contribution in [-0.4, -0.2) is 17.1 Å². The Morgan fingerprint density at radius 3 is 0.865 bits per heavy atom. The highest BCUT2D eigenvalue weighted by Crippen LogP contribution is 2.36. The lowest BCUT2D eigenvalue weighted by molar-refractivity contribution is 0.351. The number of para-hydroxylation sites is 4. The molecule has 4 aromatic rings. The summed E-state index contributed by atoms with van der Waals surface area (Å²) in [6.07, 6.45) is 1.86. The van der Waals surface area contributed by atoms with E-state index in [0.29, 0.717) is 5.67 Å². The third kappa shape index (κ3) is 7.75. The van der Waals surface area contributed by atoms with Crippen LogP contribution in [0.4, 0.5) is 0 Å². The summed E-state index contributed by atoms with van der Waals surface area (Å²) in [6.45, 7) is 4.37. The van der Waals surface area contributed by atoms with Crippen LogP contribution in [-0.2, 0) is 0 Å². The largest absolute Gasteiger partial charge is 0.512 e. The van der Waals surface area contributed by atoms with E-state index in [0.717, 1.165) is 47.9 Å². The van der Waals surface area contributed by atoms with Crippen molar-refractivity contribution in [2.24, 2.45) is 0 Å². The second kappa shape index (κ2) is 13.2. The highest BCUT2D eigenvalue weighted by molar-refractivity contribution is 6.87. The van der Waals surface area contributed by atoms with Gasteiger partial charge in [-0.2, -0.15) is 0 Å². The average Bonchev–Trinajstić information content (AvgIpc) is 2.91. The quantitative estimate of drug-likeness (QED) is 0.154. The van der Waals surface area contributed by atoms with E-state index in [9.17, 15) is 0 Å². The molecule has 4 rings (SSSR count). The Morgan fingerprint density at radius 2 is 0.649 bits per heavy atom. The Labute approximate surface area is 223 Å². The maximum Gasteiger partial charge on any atom is 0.464 e. The van der Waals surface area contributed by atoms with Gasteiger partial charge in [0.05, 0.1) is 5.67 Å². The van der Waals surface area contributed by atoms with Gasteiger partial charge in [-0.15, -0.1) is 0 Å². The van der Waals surface area contributed by atoms with E-state index in [1.165, 1.54) is 0 Å². The highest BCUT2D eigenvalue weighted by atomic mass is 28.4. The molecule has 0 unspecified atom stereocenters. The first-order chi connectivity index (χ1) is 18.1. The smallest absolute Gasteiger partial charge is 0.464 e. The molecule has 4 nitrogen and oxygen atoms in total. The predicted octanol–water partition coefficient (Wildman–Crippen LogP) is 8.55. The van der Waals surface area contributed by atoms with Crippen LogP contribution in [0.25, 0.3) is 0 Å². The van der Waals surface area contributed by atoms with Gasteiger partial charge in [-0.3, -0.25) is 0 Å². The van der Waals surface area contributed by atoms with E-state index >= 15 is 0 Å². The first kappa shape index (κ1) is 26.6. The van der Waals surface area contributed by atoms with Crippen LogP contribution in [0.15, 0.2) is 121 Å². The fourth-order valence-corrected chi connectivity index (χ4v) is 14.7. The zero-order valence-corrected chi connectivity index (χ0v) is 23.7. The number of benzene rings is 4. The predicted molar refractivity (Wildman–Crippen MR) is 155 cm³/mol. The van der Waals surface area contributed by atoms with Gasteiger partial charge in [0.25, 0.3) is 0 Å². The minimum atomic E-state index is -2.95. The molecule has 0 radical (unpaired) electrons. The summed E-state index contributed by atoms with van der Waals surface area (Å²) in [7, 11) is -5.89. The SMILES string of the molecule is CCC[Si](C[Si](CCC)(Oc1ccccc1)Oc1ccccc1)(Oc1ccccc1)Oc1ccccc1. The Bertz CT molecular complexity index is 997. The number of hydrogen-bond donors (Lipinski definition) is 0. The molecule has 0 aromatic heterocycles. The molecule has 0 fully saturated rings. The van der Waals surface area contributed by atoms with E-state index in [1.807, 2.05) is 121 Å². The zero-order valence-electron chi connectivity index (χ0n) is 21.7.